The van der Waals surface area contributed by atoms with E-state index in [2.05, 4.69) is 37.9 Å². The molecule has 0 aliphatic carbocycles. The monoisotopic (exact) mass is 287 g/mol. The Morgan fingerprint density at radius 1 is 1.42 bits per heavy atom. The van der Waals surface area contributed by atoms with Crippen LogP contribution in [0.3, 0.4) is 0 Å². The molecule has 3 heteroatoms. The molecule has 1 nitrogen and oxygen atoms in total. The predicted octanol–water partition coefficient (Wildman–Crippen LogP) is 3.26. The molecule has 1 aromatic rings. The molecule has 0 spiro atoms. The Kier molecular flexibility index (Phi) is 3.77. The van der Waals surface area contributed by atoms with Gasteiger partial charge < -0.3 is 0 Å². The molecular weight excluding hydrogens is 282 g/mol. The Hall–Kier alpha value is -0.330. The van der Waals surface area contributed by atoms with Crippen LogP contribution >= 0.6 is 31.9 Å². The number of nitriles is 1. The Morgan fingerprint density at radius 3 is 2.75 bits per heavy atom. The highest BCUT2D eigenvalue weighted by atomic mass is 79.9. The van der Waals surface area contributed by atoms with Crippen LogP contribution in [0.15, 0.2) is 22.7 Å². The number of benzene rings is 1. The summed E-state index contributed by atoms with van der Waals surface area (Å²) in [6.07, 6.45) is 0.899. The first kappa shape index (κ1) is 9.76. The van der Waals surface area contributed by atoms with Crippen molar-refractivity contribution in [2.45, 2.75) is 6.42 Å². The highest BCUT2D eigenvalue weighted by Crippen LogP contribution is 2.16. The first-order valence-corrected chi connectivity index (χ1v) is 5.44. The van der Waals surface area contributed by atoms with Gasteiger partial charge in [-0.1, -0.05) is 37.9 Å². The minimum Gasteiger partial charge on any atom is -0.192 e. The maximum absolute atomic E-state index is 8.78. The van der Waals surface area contributed by atoms with Gasteiger partial charge in [-0.05, 0) is 24.1 Å². The summed E-state index contributed by atoms with van der Waals surface area (Å²) >= 11 is 6.67. The zero-order chi connectivity index (χ0) is 8.97. The topological polar surface area (TPSA) is 23.8 Å². The van der Waals surface area contributed by atoms with Crippen LogP contribution in [-0.2, 0) is 6.42 Å². The van der Waals surface area contributed by atoms with E-state index < -0.39 is 0 Å². The molecule has 0 fully saturated rings. The molecule has 0 bridgehead atoms. The van der Waals surface area contributed by atoms with Gasteiger partial charge in [0, 0.05) is 9.80 Å². The van der Waals surface area contributed by atoms with Crippen LogP contribution in [0.4, 0.5) is 0 Å². The Balaban J connectivity index is 3.05. The Labute approximate surface area is 88.7 Å². The van der Waals surface area contributed by atoms with Gasteiger partial charge in [0.05, 0.1) is 11.6 Å². The summed E-state index contributed by atoms with van der Waals surface area (Å²) < 4.78 is 0.956. The molecule has 0 radical (unpaired) electrons. The van der Waals surface area contributed by atoms with E-state index in [0.717, 1.165) is 27.4 Å². The van der Waals surface area contributed by atoms with Crippen molar-refractivity contribution >= 4 is 31.9 Å². The third kappa shape index (κ3) is 2.33. The van der Waals surface area contributed by atoms with Crippen LogP contribution < -0.4 is 0 Å². The molecule has 1 aromatic carbocycles. The van der Waals surface area contributed by atoms with Crippen molar-refractivity contribution in [1.29, 1.82) is 5.26 Å². The van der Waals surface area contributed by atoms with Gasteiger partial charge in [0.2, 0.25) is 0 Å². The SMILES string of the molecule is N#Cc1cc(Br)ccc1CCBr. The molecule has 0 heterocycles. The van der Waals surface area contributed by atoms with Crippen molar-refractivity contribution in [2.24, 2.45) is 0 Å². The lowest BCUT2D eigenvalue weighted by atomic mass is 10.1. The van der Waals surface area contributed by atoms with E-state index in [1.165, 1.54) is 0 Å². The zero-order valence-electron chi connectivity index (χ0n) is 6.35. The van der Waals surface area contributed by atoms with E-state index in [1.807, 2.05) is 18.2 Å². The normalized spacial score (nSPS) is 9.42. The van der Waals surface area contributed by atoms with Gasteiger partial charge in [0.1, 0.15) is 0 Å². The molecule has 0 aliphatic rings. The molecule has 0 aliphatic heterocycles. The highest BCUT2D eigenvalue weighted by molar-refractivity contribution is 9.10. The number of hydrogen-bond donors (Lipinski definition) is 0. The molecule has 0 saturated carbocycles. The lowest BCUT2D eigenvalue weighted by Crippen LogP contribution is -1.90. The molecule has 0 unspecified atom stereocenters. The van der Waals surface area contributed by atoms with Crippen LogP contribution in [0, 0.1) is 11.3 Å². The largest absolute Gasteiger partial charge is 0.192 e. The molecule has 62 valence electrons. The number of aryl methyl sites for hydroxylation is 1. The summed E-state index contributed by atoms with van der Waals surface area (Å²) in [5.41, 5.74) is 1.85. The zero-order valence-corrected chi connectivity index (χ0v) is 9.52. The van der Waals surface area contributed by atoms with Crippen LogP contribution in [0.5, 0.6) is 0 Å². The first-order valence-electron chi connectivity index (χ1n) is 3.52. The first-order chi connectivity index (χ1) is 5.77. The lowest BCUT2D eigenvalue weighted by molar-refractivity contribution is 1.15. The van der Waals surface area contributed by atoms with Crippen LogP contribution in [-0.4, -0.2) is 5.33 Å². The second-order valence-corrected chi connectivity index (χ2v) is 4.06. The van der Waals surface area contributed by atoms with Crippen molar-refractivity contribution in [2.75, 3.05) is 5.33 Å². The van der Waals surface area contributed by atoms with Crippen molar-refractivity contribution in [3.05, 3.63) is 33.8 Å². The fourth-order valence-corrected chi connectivity index (χ4v) is 1.76. The third-order valence-corrected chi connectivity index (χ3v) is 2.45. The quantitative estimate of drug-likeness (QED) is 0.767. The van der Waals surface area contributed by atoms with E-state index in [1.54, 1.807) is 0 Å². The summed E-state index contributed by atoms with van der Waals surface area (Å²) in [6.45, 7) is 0. The van der Waals surface area contributed by atoms with Crippen molar-refractivity contribution in [3.63, 3.8) is 0 Å². The summed E-state index contributed by atoms with van der Waals surface area (Å²) in [6, 6.07) is 7.95. The minimum atomic E-state index is 0.754. The lowest BCUT2D eigenvalue weighted by Gasteiger charge is -2.00. The smallest absolute Gasteiger partial charge is 0.0994 e. The van der Waals surface area contributed by atoms with Crippen molar-refractivity contribution in [1.82, 2.24) is 0 Å². The average Bonchev–Trinajstić information content (AvgIpc) is 2.08. The van der Waals surface area contributed by atoms with Gasteiger partial charge in [-0.15, -0.1) is 0 Å². The predicted molar refractivity (Wildman–Crippen MR) is 56.4 cm³/mol. The third-order valence-electron chi connectivity index (χ3n) is 1.56. The Bertz CT molecular complexity index is 315. The Morgan fingerprint density at radius 2 is 2.17 bits per heavy atom. The number of alkyl halides is 1. The molecule has 12 heavy (non-hydrogen) atoms. The molecule has 0 atom stereocenters. The van der Waals surface area contributed by atoms with Crippen LogP contribution in [0.25, 0.3) is 0 Å². The second kappa shape index (κ2) is 4.64. The maximum atomic E-state index is 8.78. The van der Waals surface area contributed by atoms with Gasteiger partial charge in [0.15, 0.2) is 0 Å². The molecule has 0 amide bonds. The standard InChI is InChI=1S/C9H7Br2N/c10-4-3-7-1-2-9(11)5-8(7)6-12/h1-2,5H,3-4H2. The highest BCUT2D eigenvalue weighted by Gasteiger charge is 2.00. The molecule has 1 rings (SSSR count). The second-order valence-electron chi connectivity index (χ2n) is 2.35. The van der Waals surface area contributed by atoms with Crippen LogP contribution in [0.2, 0.25) is 0 Å². The summed E-state index contributed by atoms with van der Waals surface area (Å²) in [5, 5.41) is 9.68. The van der Waals surface area contributed by atoms with E-state index in [-0.39, 0.29) is 0 Å². The summed E-state index contributed by atoms with van der Waals surface area (Å²) in [4.78, 5) is 0. The molecule has 0 saturated heterocycles. The summed E-state index contributed by atoms with van der Waals surface area (Å²) in [7, 11) is 0. The van der Waals surface area contributed by atoms with E-state index in [9.17, 15) is 0 Å². The van der Waals surface area contributed by atoms with E-state index in [4.69, 9.17) is 5.26 Å². The fourth-order valence-electron chi connectivity index (χ4n) is 0.973. The number of rotatable bonds is 2. The van der Waals surface area contributed by atoms with Crippen molar-refractivity contribution < 1.29 is 0 Å². The minimum absolute atomic E-state index is 0.754. The maximum Gasteiger partial charge on any atom is 0.0994 e. The fraction of sp³-hybridized carbons (Fsp3) is 0.222. The van der Waals surface area contributed by atoms with Gasteiger partial charge in [-0.25, -0.2) is 0 Å². The molecular formula is C9H7Br2N. The van der Waals surface area contributed by atoms with Crippen LogP contribution in [0.1, 0.15) is 11.1 Å². The number of halogens is 2. The van der Waals surface area contributed by atoms with Crippen molar-refractivity contribution in [3.8, 4) is 6.07 Å². The summed E-state index contributed by atoms with van der Waals surface area (Å²) in [5.74, 6) is 0. The van der Waals surface area contributed by atoms with E-state index >= 15 is 0 Å². The number of hydrogen-bond acceptors (Lipinski definition) is 1. The average molecular weight is 289 g/mol. The van der Waals surface area contributed by atoms with Gasteiger partial charge in [0.25, 0.3) is 0 Å². The molecule has 0 aromatic heterocycles. The number of nitrogens with zero attached hydrogens (tertiary/aromatic N) is 1. The van der Waals surface area contributed by atoms with E-state index in [0.29, 0.717) is 0 Å². The molecule has 0 N–H and O–H groups in total. The van der Waals surface area contributed by atoms with Gasteiger partial charge in [-0.3, -0.25) is 0 Å². The van der Waals surface area contributed by atoms with Gasteiger partial charge in [-0.2, -0.15) is 5.26 Å². The van der Waals surface area contributed by atoms with Gasteiger partial charge >= 0.3 is 0 Å².